The lowest BCUT2D eigenvalue weighted by molar-refractivity contribution is 0.102. The highest BCUT2D eigenvalue weighted by Gasteiger charge is 2.28. The number of aryl methyl sites for hydroxylation is 1. The summed E-state index contributed by atoms with van der Waals surface area (Å²) >= 11 is 0. The Morgan fingerprint density at radius 3 is 2.36 bits per heavy atom. The van der Waals surface area contributed by atoms with Gasteiger partial charge in [0.05, 0.1) is 26.0 Å². The van der Waals surface area contributed by atoms with Crippen molar-refractivity contribution in [2.24, 2.45) is 0 Å². The third kappa shape index (κ3) is 4.68. The average Bonchev–Trinajstić information content (AvgIpc) is 3.34. The Kier molecular flexibility index (Phi) is 6.45. The van der Waals surface area contributed by atoms with E-state index in [1.54, 1.807) is 13.3 Å². The number of rotatable bonds is 7. The van der Waals surface area contributed by atoms with E-state index in [0.717, 1.165) is 28.3 Å². The van der Waals surface area contributed by atoms with Crippen LogP contribution in [0.3, 0.4) is 0 Å². The molecule has 0 radical (unpaired) electrons. The van der Waals surface area contributed by atoms with Crippen molar-refractivity contribution in [1.29, 1.82) is 0 Å². The largest absolute Gasteiger partial charge is 0.497 e. The number of methoxy groups -OCH3 is 1. The van der Waals surface area contributed by atoms with Crippen molar-refractivity contribution in [2.45, 2.75) is 19.9 Å². The smallest absolute Gasteiger partial charge is 0.261 e. The van der Waals surface area contributed by atoms with Crippen LogP contribution in [0, 0.1) is 6.92 Å². The molecule has 1 atom stereocenters. The number of ether oxygens (including phenoxy) is 2. The maximum atomic E-state index is 13.3. The molecule has 1 aliphatic heterocycles. The van der Waals surface area contributed by atoms with Gasteiger partial charge in [-0.25, -0.2) is 4.68 Å². The van der Waals surface area contributed by atoms with Gasteiger partial charge in [-0.15, -0.1) is 0 Å². The van der Waals surface area contributed by atoms with E-state index in [4.69, 9.17) is 9.47 Å². The van der Waals surface area contributed by atoms with E-state index in [-0.39, 0.29) is 11.9 Å². The van der Waals surface area contributed by atoms with Gasteiger partial charge < -0.3 is 20.1 Å². The molecule has 0 saturated heterocycles. The summed E-state index contributed by atoms with van der Waals surface area (Å²) in [7, 11) is 1.65. The third-order valence-corrected chi connectivity index (χ3v) is 6.12. The van der Waals surface area contributed by atoms with Crippen molar-refractivity contribution in [3.8, 4) is 11.5 Å². The highest BCUT2D eigenvalue weighted by Crippen LogP contribution is 2.36. The number of nitrogens with zero attached hydrogens (tertiary/aromatic N) is 2. The highest BCUT2D eigenvalue weighted by molar-refractivity contribution is 6.08. The fraction of sp³-hybridized carbons (Fsp3) is 0.172. The van der Waals surface area contributed by atoms with Crippen molar-refractivity contribution in [3.63, 3.8) is 0 Å². The molecule has 0 aliphatic carbocycles. The number of amides is 1. The van der Waals surface area contributed by atoms with Gasteiger partial charge in [0.25, 0.3) is 5.91 Å². The zero-order valence-electron chi connectivity index (χ0n) is 20.5. The average molecular weight is 481 g/mol. The molecule has 3 aromatic carbocycles. The Morgan fingerprint density at radius 2 is 1.69 bits per heavy atom. The molecule has 1 aromatic heterocycles. The number of anilines is 2. The molecule has 0 unspecified atom stereocenters. The predicted molar refractivity (Wildman–Crippen MR) is 142 cm³/mol. The molecule has 0 saturated carbocycles. The minimum absolute atomic E-state index is 0.175. The first kappa shape index (κ1) is 23.2. The van der Waals surface area contributed by atoms with Gasteiger partial charge in [0.15, 0.2) is 0 Å². The summed E-state index contributed by atoms with van der Waals surface area (Å²) in [5.41, 5.74) is 5.28. The molecule has 2 heterocycles. The second kappa shape index (κ2) is 10.00. The summed E-state index contributed by atoms with van der Waals surface area (Å²) in [6.07, 6.45) is 3.73. The van der Waals surface area contributed by atoms with E-state index in [2.05, 4.69) is 53.0 Å². The zero-order chi connectivity index (χ0) is 25.1. The van der Waals surface area contributed by atoms with E-state index in [0.29, 0.717) is 23.7 Å². The molecular weight excluding hydrogens is 452 g/mol. The van der Waals surface area contributed by atoms with Crippen molar-refractivity contribution >= 4 is 23.1 Å². The molecule has 2 N–H and O–H groups in total. The fourth-order valence-corrected chi connectivity index (χ4v) is 4.20. The second-order valence-corrected chi connectivity index (χ2v) is 8.55. The van der Waals surface area contributed by atoms with Gasteiger partial charge in [-0.05, 0) is 79.6 Å². The number of nitrogens with one attached hydrogen (secondary N) is 2. The van der Waals surface area contributed by atoms with Gasteiger partial charge in [-0.1, -0.05) is 29.8 Å². The first-order chi connectivity index (χ1) is 17.6. The molecule has 1 amide bonds. The molecule has 7 heteroatoms. The Morgan fingerprint density at radius 1 is 1.00 bits per heavy atom. The first-order valence-electron chi connectivity index (χ1n) is 11.9. The minimum atomic E-state index is -0.244. The van der Waals surface area contributed by atoms with E-state index >= 15 is 0 Å². The molecule has 0 fully saturated rings. The van der Waals surface area contributed by atoms with Crippen molar-refractivity contribution < 1.29 is 14.3 Å². The number of hydrogen-bond acceptors (Lipinski definition) is 5. The molecular formula is C29H28N4O3. The number of hydrogen-bond donors (Lipinski definition) is 2. The van der Waals surface area contributed by atoms with Crippen molar-refractivity contribution in [3.05, 3.63) is 107 Å². The van der Waals surface area contributed by atoms with Crippen molar-refractivity contribution in [2.75, 3.05) is 24.4 Å². The number of aromatic nitrogens is 2. The van der Waals surface area contributed by atoms with E-state index in [1.165, 1.54) is 5.56 Å². The van der Waals surface area contributed by atoms with Crippen LogP contribution in [0.15, 0.2) is 85.1 Å². The van der Waals surface area contributed by atoms with Crippen LogP contribution in [-0.4, -0.2) is 29.4 Å². The monoisotopic (exact) mass is 480 g/mol. The molecule has 0 bridgehead atoms. The van der Waals surface area contributed by atoms with Crippen LogP contribution in [0.5, 0.6) is 11.5 Å². The van der Waals surface area contributed by atoms with Crippen LogP contribution in [0.4, 0.5) is 11.5 Å². The van der Waals surface area contributed by atoms with Crippen LogP contribution >= 0.6 is 0 Å². The maximum absolute atomic E-state index is 13.3. The summed E-state index contributed by atoms with van der Waals surface area (Å²) in [4.78, 5) is 13.3. The van der Waals surface area contributed by atoms with Gasteiger partial charge in [0, 0.05) is 11.4 Å². The number of allylic oxidation sites excluding steroid dienone is 1. The van der Waals surface area contributed by atoms with E-state index < -0.39 is 0 Å². The summed E-state index contributed by atoms with van der Waals surface area (Å²) in [5.74, 6) is 1.94. The van der Waals surface area contributed by atoms with Crippen molar-refractivity contribution in [1.82, 2.24) is 9.78 Å². The Bertz CT molecular complexity index is 1390. The lowest BCUT2D eigenvalue weighted by Crippen LogP contribution is -2.22. The van der Waals surface area contributed by atoms with Crippen LogP contribution in [0.25, 0.3) is 5.70 Å². The fourth-order valence-electron chi connectivity index (χ4n) is 4.20. The van der Waals surface area contributed by atoms with E-state index in [9.17, 15) is 4.79 Å². The predicted octanol–water partition coefficient (Wildman–Crippen LogP) is 5.91. The third-order valence-electron chi connectivity index (χ3n) is 6.12. The van der Waals surface area contributed by atoms with Gasteiger partial charge in [0.2, 0.25) is 0 Å². The Hall–Kier alpha value is -4.52. The van der Waals surface area contributed by atoms with E-state index in [1.807, 2.05) is 60.1 Å². The summed E-state index contributed by atoms with van der Waals surface area (Å²) < 4.78 is 12.7. The lowest BCUT2D eigenvalue weighted by atomic mass is 10.00. The zero-order valence-corrected chi connectivity index (χ0v) is 20.5. The molecule has 5 rings (SSSR count). The minimum Gasteiger partial charge on any atom is -0.497 e. The normalized spacial score (nSPS) is 14.3. The molecule has 36 heavy (non-hydrogen) atoms. The van der Waals surface area contributed by atoms with Crippen LogP contribution in [-0.2, 0) is 0 Å². The first-order valence-corrected chi connectivity index (χ1v) is 11.9. The van der Waals surface area contributed by atoms with Gasteiger partial charge >= 0.3 is 0 Å². The number of carbonyl (C=O) groups excluding carboxylic acids is 1. The standard InChI is InChI=1S/C29H28N4O3/c1-4-36-24-15-11-22(12-16-24)31-29(34)25-18-30-33-27(21-7-5-19(2)6-8-21)17-26(32-28(25)33)20-9-13-23(35-3)14-10-20/h5-18,27,32H,4H2,1-3H3,(H,31,34)/t27-/m0/s1. The molecule has 1 aliphatic rings. The number of carbonyl (C=O) groups is 1. The van der Waals surface area contributed by atoms with Gasteiger partial charge in [0.1, 0.15) is 22.9 Å². The van der Waals surface area contributed by atoms with Crippen LogP contribution < -0.4 is 20.1 Å². The molecule has 4 aromatic rings. The lowest BCUT2D eigenvalue weighted by Gasteiger charge is -2.26. The molecule has 182 valence electrons. The SMILES string of the molecule is CCOc1ccc(NC(=O)c2cnn3c2NC(c2ccc(OC)cc2)=C[C@H]3c2ccc(C)cc2)cc1. The van der Waals surface area contributed by atoms with Gasteiger partial charge in [-0.2, -0.15) is 5.10 Å². The Balaban J connectivity index is 1.49. The van der Waals surface area contributed by atoms with Crippen LogP contribution in [0.1, 0.15) is 40.0 Å². The second-order valence-electron chi connectivity index (χ2n) is 8.55. The van der Waals surface area contributed by atoms with Gasteiger partial charge in [-0.3, -0.25) is 4.79 Å². The highest BCUT2D eigenvalue weighted by atomic mass is 16.5. The quantitative estimate of drug-likeness (QED) is 0.344. The summed E-state index contributed by atoms with van der Waals surface area (Å²) in [5, 5.41) is 11.0. The maximum Gasteiger partial charge on any atom is 0.261 e. The Labute approximate surface area is 210 Å². The number of fused-ring (bicyclic) bond motifs is 1. The topological polar surface area (TPSA) is 77.4 Å². The summed E-state index contributed by atoms with van der Waals surface area (Å²) in [6.45, 7) is 4.59. The molecule has 0 spiro atoms. The summed E-state index contributed by atoms with van der Waals surface area (Å²) in [6, 6.07) is 23.3. The number of benzene rings is 3. The molecule has 7 nitrogen and oxygen atoms in total. The van der Waals surface area contributed by atoms with Crippen LogP contribution in [0.2, 0.25) is 0 Å².